The molecule has 0 aliphatic rings. The van der Waals surface area contributed by atoms with Crippen LogP contribution in [0.15, 0.2) is 66.2 Å². The minimum absolute atomic E-state index is 0.241. The number of carbonyl (C=O) groups is 1. The van der Waals surface area contributed by atoms with Gasteiger partial charge < -0.3 is 10.1 Å². The van der Waals surface area contributed by atoms with Gasteiger partial charge in [0.05, 0.1) is 11.4 Å². The van der Waals surface area contributed by atoms with Gasteiger partial charge >= 0.3 is 0 Å². The van der Waals surface area contributed by atoms with Crippen LogP contribution in [0, 0.1) is 13.8 Å². The average Bonchev–Trinajstić information content (AvgIpc) is 3.34. The molecule has 1 N–H and O–H groups in total. The fourth-order valence-corrected chi connectivity index (χ4v) is 4.09. The van der Waals surface area contributed by atoms with E-state index in [-0.39, 0.29) is 5.91 Å². The standard InChI is InChI=1S/C24H22ClN3O2S/c1-16-6-8-20(9-7-16)30-14-19-11-22(31-15-19)24(29)26-23-21(25)13-28(27-23)12-18-5-3-4-17(2)10-18/h3-11,13,15H,12,14H2,1-2H3,(H,26,27,29). The van der Waals surface area contributed by atoms with Gasteiger partial charge in [-0.05, 0) is 43.0 Å². The number of benzene rings is 2. The molecule has 4 aromatic rings. The smallest absolute Gasteiger partial charge is 0.266 e. The van der Waals surface area contributed by atoms with Gasteiger partial charge in [-0.25, -0.2) is 0 Å². The lowest BCUT2D eigenvalue weighted by molar-refractivity contribution is 0.103. The van der Waals surface area contributed by atoms with Crippen LogP contribution in [0.3, 0.4) is 0 Å². The molecule has 31 heavy (non-hydrogen) atoms. The third kappa shape index (κ3) is 5.54. The Hall–Kier alpha value is -3.09. The van der Waals surface area contributed by atoms with Crippen molar-refractivity contribution in [3.63, 3.8) is 0 Å². The summed E-state index contributed by atoms with van der Waals surface area (Å²) in [5.41, 5.74) is 4.42. The number of thiophene rings is 1. The van der Waals surface area contributed by atoms with Crippen LogP contribution in [0.25, 0.3) is 0 Å². The van der Waals surface area contributed by atoms with Crippen molar-refractivity contribution in [1.29, 1.82) is 0 Å². The molecule has 2 aromatic heterocycles. The molecule has 0 saturated carbocycles. The molecule has 0 bridgehead atoms. The molecule has 158 valence electrons. The molecule has 5 nitrogen and oxygen atoms in total. The van der Waals surface area contributed by atoms with Crippen molar-refractivity contribution in [2.75, 3.05) is 5.32 Å². The number of amides is 1. The zero-order valence-electron chi connectivity index (χ0n) is 17.3. The van der Waals surface area contributed by atoms with E-state index in [0.717, 1.165) is 16.9 Å². The van der Waals surface area contributed by atoms with E-state index in [1.165, 1.54) is 22.5 Å². The first-order chi connectivity index (χ1) is 15.0. The maximum absolute atomic E-state index is 12.7. The van der Waals surface area contributed by atoms with Crippen molar-refractivity contribution in [3.8, 4) is 5.75 Å². The number of halogens is 1. The lowest BCUT2D eigenvalue weighted by Crippen LogP contribution is -2.11. The predicted molar refractivity (Wildman–Crippen MR) is 125 cm³/mol. The number of hydrogen-bond donors (Lipinski definition) is 1. The molecule has 2 heterocycles. The molecular formula is C24H22ClN3O2S. The Morgan fingerprint density at radius 1 is 1.10 bits per heavy atom. The number of aryl methyl sites for hydroxylation is 2. The molecule has 0 aliphatic carbocycles. The van der Waals surface area contributed by atoms with E-state index in [4.69, 9.17) is 16.3 Å². The molecule has 7 heteroatoms. The minimum atomic E-state index is -0.241. The maximum Gasteiger partial charge on any atom is 0.266 e. The summed E-state index contributed by atoms with van der Waals surface area (Å²) >= 11 is 7.65. The highest BCUT2D eigenvalue weighted by atomic mass is 35.5. The van der Waals surface area contributed by atoms with Gasteiger partial charge in [-0.1, -0.05) is 59.1 Å². The summed E-state index contributed by atoms with van der Waals surface area (Å²) < 4.78 is 7.51. The lowest BCUT2D eigenvalue weighted by atomic mass is 10.1. The van der Waals surface area contributed by atoms with Gasteiger partial charge in [0.25, 0.3) is 5.91 Å². The second kappa shape index (κ2) is 9.37. The largest absolute Gasteiger partial charge is 0.489 e. The van der Waals surface area contributed by atoms with Crippen molar-refractivity contribution in [3.05, 3.63) is 98.3 Å². The van der Waals surface area contributed by atoms with Gasteiger partial charge in [0.1, 0.15) is 17.4 Å². The number of nitrogens with one attached hydrogen (secondary N) is 1. The van der Waals surface area contributed by atoms with E-state index < -0.39 is 0 Å². The Labute approximate surface area is 190 Å². The van der Waals surface area contributed by atoms with Crippen molar-refractivity contribution in [2.24, 2.45) is 0 Å². The van der Waals surface area contributed by atoms with E-state index in [9.17, 15) is 4.79 Å². The average molecular weight is 452 g/mol. The van der Waals surface area contributed by atoms with Crippen molar-refractivity contribution in [2.45, 2.75) is 27.0 Å². The van der Waals surface area contributed by atoms with Gasteiger partial charge in [-0.2, -0.15) is 5.10 Å². The third-order valence-electron chi connectivity index (χ3n) is 4.68. The quantitative estimate of drug-likeness (QED) is 0.369. The Morgan fingerprint density at radius 3 is 2.68 bits per heavy atom. The number of aromatic nitrogens is 2. The van der Waals surface area contributed by atoms with E-state index >= 15 is 0 Å². The van der Waals surface area contributed by atoms with E-state index in [1.54, 1.807) is 10.9 Å². The summed E-state index contributed by atoms with van der Waals surface area (Å²) in [5, 5.41) is 9.55. The van der Waals surface area contributed by atoms with Gasteiger partial charge in [0.2, 0.25) is 0 Å². The van der Waals surface area contributed by atoms with Crippen LogP contribution in [0.1, 0.15) is 31.9 Å². The molecule has 0 spiro atoms. The maximum atomic E-state index is 12.7. The molecule has 0 radical (unpaired) electrons. The Bertz CT molecular complexity index is 1200. The van der Waals surface area contributed by atoms with Crippen molar-refractivity contribution in [1.82, 2.24) is 9.78 Å². The Balaban J connectivity index is 1.37. The van der Waals surface area contributed by atoms with Gasteiger partial charge in [0.15, 0.2) is 5.82 Å². The fraction of sp³-hybridized carbons (Fsp3) is 0.167. The van der Waals surface area contributed by atoms with E-state index in [2.05, 4.69) is 16.5 Å². The Kier molecular flexibility index (Phi) is 6.39. The second-order valence-corrected chi connectivity index (χ2v) is 8.71. The highest BCUT2D eigenvalue weighted by Crippen LogP contribution is 2.23. The van der Waals surface area contributed by atoms with E-state index in [1.807, 2.05) is 67.8 Å². The van der Waals surface area contributed by atoms with Crippen LogP contribution in [-0.4, -0.2) is 15.7 Å². The first-order valence-corrected chi connectivity index (χ1v) is 11.1. The zero-order valence-corrected chi connectivity index (χ0v) is 18.8. The summed E-state index contributed by atoms with van der Waals surface area (Å²) in [6.45, 7) is 5.06. The SMILES string of the molecule is Cc1ccc(OCc2csc(C(=O)Nc3nn(Cc4cccc(C)c4)cc3Cl)c2)cc1. The monoisotopic (exact) mass is 451 g/mol. The molecule has 1 amide bonds. The van der Waals surface area contributed by atoms with Crippen LogP contribution in [-0.2, 0) is 13.2 Å². The number of anilines is 1. The van der Waals surface area contributed by atoms with Crippen molar-refractivity contribution >= 4 is 34.7 Å². The molecule has 0 atom stereocenters. The highest BCUT2D eigenvalue weighted by Gasteiger charge is 2.15. The van der Waals surface area contributed by atoms with Crippen LogP contribution in [0.4, 0.5) is 5.82 Å². The third-order valence-corrected chi connectivity index (χ3v) is 5.93. The molecule has 2 aromatic carbocycles. The predicted octanol–water partition coefficient (Wildman–Crippen LogP) is 6.09. The first-order valence-electron chi connectivity index (χ1n) is 9.83. The Morgan fingerprint density at radius 2 is 1.90 bits per heavy atom. The first kappa shape index (κ1) is 21.2. The molecular weight excluding hydrogens is 430 g/mol. The number of rotatable bonds is 7. The summed E-state index contributed by atoms with van der Waals surface area (Å²) in [6.07, 6.45) is 1.72. The number of hydrogen-bond acceptors (Lipinski definition) is 4. The normalized spacial score (nSPS) is 10.8. The number of carbonyl (C=O) groups excluding carboxylic acids is 1. The van der Waals surface area contributed by atoms with Crippen LogP contribution in [0.5, 0.6) is 5.75 Å². The van der Waals surface area contributed by atoms with Gasteiger partial charge in [-0.3, -0.25) is 9.48 Å². The molecule has 0 saturated heterocycles. The van der Waals surface area contributed by atoms with E-state index in [0.29, 0.717) is 28.9 Å². The van der Waals surface area contributed by atoms with Gasteiger partial charge in [0, 0.05) is 11.8 Å². The molecule has 4 rings (SSSR count). The van der Waals surface area contributed by atoms with Crippen molar-refractivity contribution < 1.29 is 9.53 Å². The molecule has 0 aliphatic heterocycles. The highest BCUT2D eigenvalue weighted by molar-refractivity contribution is 7.12. The van der Waals surface area contributed by atoms with Crippen LogP contribution in [0.2, 0.25) is 5.02 Å². The fourth-order valence-electron chi connectivity index (χ4n) is 3.10. The minimum Gasteiger partial charge on any atom is -0.489 e. The summed E-state index contributed by atoms with van der Waals surface area (Å²) in [5.74, 6) is 0.910. The second-order valence-electron chi connectivity index (χ2n) is 7.39. The molecule has 0 fully saturated rings. The van der Waals surface area contributed by atoms with Gasteiger partial charge in [-0.15, -0.1) is 11.3 Å². The number of nitrogens with zero attached hydrogens (tertiary/aromatic N) is 2. The lowest BCUT2D eigenvalue weighted by Gasteiger charge is -2.04. The topological polar surface area (TPSA) is 56.1 Å². The molecule has 0 unspecified atom stereocenters. The summed E-state index contributed by atoms with van der Waals surface area (Å²) in [6, 6.07) is 17.9. The van der Waals surface area contributed by atoms with Crippen LogP contribution < -0.4 is 10.1 Å². The summed E-state index contributed by atoms with van der Waals surface area (Å²) in [4.78, 5) is 13.2. The number of ether oxygens (including phenoxy) is 1. The summed E-state index contributed by atoms with van der Waals surface area (Å²) in [7, 11) is 0. The van der Waals surface area contributed by atoms with Crippen LogP contribution >= 0.6 is 22.9 Å². The zero-order chi connectivity index (χ0) is 21.8.